The number of aromatic nitrogens is 3. The van der Waals surface area contributed by atoms with Gasteiger partial charge in [-0.2, -0.15) is 5.10 Å². The first-order chi connectivity index (χ1) is 9.22. The van der Waals surface area contributed by atoms with Gasteiger partial charge in [-0.25, -0.2) is 4.98 Å². The van der Waals surface area contributed by atoms with Crippen molar-refractivity contribution in [2.24, 2.45) is 7.05 Å². The lowest BCUT2D eigenvalue weighted by Crippen LogP contribution is -2.49. The van der Waals surface area contributed by atoms with Crippen molar-refractivity contribution >= 4 is 5.69 Å². The summed E-state index contributed by atoms with van der Waals surface area (Å²) in [5.41, 5.74) is 2.33. The molecule has 1 aliphatic rings. The molecule has 0 radical (unpaired) electrons. The molecule has 1 unspecified atom stereocenters. The van der Waals surface area contributed by atoms with Crippen LogP contribution >= 0.6 is 0 Å². The Balaban J connectivity index is 1.78. The molecular weight excluding hydrogens is 238 g/mol. The Hall–Kier alpha value is -1.88. The molecule has 3 rings (SSSR count). The molecule has 19 heavy (non-hydrogen) atoms. The molecule has 2 aromatic rings. The second kappa shape index (κ2) is 5.01. The Labute approximate surface area is 113 Å². The van der Waals surface area contributed by atoms with E-state index in [0.717, 1.165) is 31.0 Å². The highest BCUT2D eigenvalue weighted by atomic mass is 15.3. The Morgan fingerprint density at radius 2 is 2.05 bits per heavy atom. The first kappa shape index (κ1) is 12.2. The summed E-state index contributed by atoms with van der Waals surface area (Å²) in [4.78, 5) is 6.68. The molecule has 0 saturated carbocycles. The molecule has 2 heterocycles. The van der Waals surface area contributed by atoms with Gasteiger partial charge in [0.2, 0.25) is 0 Å². The van der Waals surface area contributed by atoms with Gasteiger partial charge in [0.05, 0.1) is 0 Å². The van der Waals surface area contributed by atoms with Crippen LogP contribution in [-0.4, -0.2) is 40.4 Å². The number of nitrogens with zero attached hydrogens (tertiary/aromatic N) is 4. The van der Waals surface area contributed by atoms with E-state index in [0.29, 0.717) is 6.04 Å². The van der Waals surface area contributed by atoms with Crippen LogP contribution in [0.25, 0.3) is 11.4 Å². The van der Waals surface area contributed by atoms with E-state index in [1.54, 1.807) is 11.0 Å². The minimum absolute atomic E-state index is 0.547. The minimum atomic E-state index is 0.547. The van der Waals surface area contributed by atoms with Crippen molar-refractivity contribution in [3.63, 3.8) is 0 Å². The monoisotopic (exact) mass is 257 g/mol. The maximum Gasteiger partial charge on any atom is 0.181 e. The molecule has 1 aromatic carbocycles. The van der Waals surface area contributed by atoms with Crippen LogP contribution in [0.2, 0.25) is 0 Å². The minimum Gasteiger partial charge on any atom is -0.369 e. The van der Waals surface area contributed by atoms with Gasteiger partial charge in [0.1, 0.15) is 6.33 Å². The maximum atomic E-state index is 4.32. The molecule has 1 fully saturated rings. The topological polar surface area (TPSA) is 46.0 Å². The third-order valence-corrected chi connectivity index (χ3v) is 3.46. The van der Waals surface area contributed by atoms with Crippen LogP contribution in [0.5, 0.6) is 0 Å². The van der Waals surface area contributed by atoms with Gasteiger partial charge < -0.3 is 10.2 Å². The van der Waals surface area contributed by atoms with Crippen LogP contribution in [0.1, 0.15) is 6.92 Å². The Morgan fingerprint density at radius 3 is 2.68 bits per heavy atom. The van der Waals surface area contributed by atoms with E-state index in [2.05, 4.69) is 51.5 Å². The van der Waals surface area contributed by atoms with E-state index in [1.165, 1.54) is 5.69 Å². The highest BCUT2D eigenvalue weighted by molar-refractivity contribution is 5.60. The summed E-state index contributed by atoms with van der Waals surface area (Å²) in [7, 11) is 1.88. The number of benzene rings is 1. The van der Waals surface area contributed by atoms with E-state index in [9.17, 15) is 0 Å². The molecule has 1 N–H and O–H groups in total. The molecule has 5 heteroatoms. The summed E-state index contributed by atoms with van der Waals surface area (Å²) >= 11 is 0. The lowest BCUT2D eigenvalue weighted by Gasteiger charge is -2.33. The smallest absolute Gasteiger partial charge is 0.181 e. The fourth-order valence-electron chi connectivity index (χ4n) is 2.46. The summed E-state index contributed by atoms with van der Waals surface area (Å²) in [5.74, 6) is 0.780. The summed E-state index contributed by atoms with van der Waals surface area (Å²) in [6, 6.07) is 9.05. The van der Waals surface area contributed by atoms with Gasteiger partial charge in [0, 0.05) is 44.0 Å². The molecule has 5 nitrogen and oxygen atoms in total. The first-order valence-electron chi connectivity index (χ1n) is 6.67. The lowest BCUT2D eigenvalue weighted by atomic mass is 10.1. The van der Waals surface area contributed by atoms with E-state index < -0.39 is 0 Å². The van der Waals surface area contributed by atoms with Gasteiger partial charge in [-0.15, -0.1) is 0 Å². The van der Waals surface area contributed by atoms with Crippen molar-refractivity contribution in [3.05, 3.63) is 30.6 Å². The van der Waals surface area contributed by atoms with Crippen LogP contribution < -0.4 is 10.2 Å². The number of rotatable bonds is 2. The number of piperazine rings is 1. The number of aryl methyl sites for hydroxylation is 1. The maximum absolute atomic E-state index is 4.32. The molecule has 0 amide bonds. The van der Waals surface area contributed by atoms with Crippen LogP contribution in [0.4, 0.5) is 5.69 Å². The van der Waals surface area contributed by atoms with Crippen LogP contribution in [-0.2, 0) is 7.05 Å². The Morgan fingerprint density at radius 1 is 1.26 bits per heavy atom. The lowest BCUT2D eigenvalue weighted by molar-refractivity contribution is 0.485. The molecular formula is C14H19N5. The Bertz CT molecular complexity index is 545. The third-order valence-electron chi connectivity index (χ3n) is 3.46. The van der Waals surface area contributed by atoms with Crippen LogP contribution in [0, 0.1) is 0 Å². The second-order valence-corrected chi connectivity index (χ2v) is 5.09. The quantitative estimate of drug-likeness (QED) is 0.880. The second-order valence-electron chi connectivity index (χ2n) is 5.09. The van der Waals surface area contributed by atoms with E-state index in [4.69, 9.17) is 0 Å². The molecule has 1 aromatic heterocycles. The number of nitrogens with one attached hydrogen (secondary N) is 1. The van der Waals surface area contributed by atoms with Gasteiger partial charge in [-0.05, 0) is 31.2 Å². The fraction of sp³-hybridized carbons (Fsp3) is 0.429. The average molecular weight is 257 g/mol. The van der Waals surface area contributed by atoms with Gasteiger partial charge in [-0.1, -0.05) is 0 Å². The molecule has 0 bridgehead atoms. The molecule has 100 valence electrons. The average Bonchev–Trinajstić information content (AvgIpc) is 2.86. The molecule has 1 saturated heterocycles. The van der Waals surface area contributed by atoms with Crippen molar-refractivity contribution in [2.75, 3.05) is 24.5 Å². The largest absolute Gasteiger partial charge is 0.369 e. The van der Waals surface area contributed by atoms with Crippen molar-refractivity contribution in [1.29, 1.82) is 0 Å². The zero-order valence-electron chi connectivity index (χ0n) is 11.4. The van der Waals surface area contributed by atoms with Crippen LogP contribution in [0.15, 0.2) is 30.6 Å². The van der Waals surface area contributed by atoms with Gasteiger partial charge >= 0.3 is 0 Å². The van der Waals surface area contributed by atoms with Crippen molar-refractivity contribution in [2.45, 2.75) is 13.0 Å². The predicted molar refractivity (Wildman–Crippen MR) is 76.1 cm³/mol. The van der Waals surface area contributed by atoms with Crippen molar-refractivity contribution in [3.8, 4) is 11.4 Å². The number of anilines is 1. The van der Waals surface area contributed by atoms with Crippen molar-refractivity contribution < 1.29 is 0 Å². The predicted octanol–water partition coefficient (Wildman–Crippen LogP) is 1.28. The first-order valence-corrected chi connectivity index (χ1v) is 6.67. The van der Waals surface area contributed by atoms with E-state index in [-0.39, 0.29) is 0 Å². The number of hydrogen-bond acceptors (Lipinski definition) is 4. The SMILES string of the molecule is CC1CN(c2ccc(-c3ncn(C)n3)cc2)CCN1. The molecule has 1 atom stereocenters. The van der Waals surface area contributed by atoms with Gasteiger partial charge in [0.15, 0.2) is 5.82 Å². The third kappa shape index (κ3) is 2.61. The Kier molecular flexibility index (Phi) is 3.21. The van der Waals surface area contributed by atoms with Crippen LogP contribution in [0.3, 0.4) is 0 Å². The van der Waals surface area contributed by atoms with E-state index >= 15 is 0 Å². The molecule has 1 aliphatic heterocycles. The summed E-state index contributed by atoms with van der Waals surface area (Å²) in [5, 5.41) is 7.77. The summed E-state index contributed by atoms with van der Waals surface area (Å²) in [6.07, 6.45) is 1.72. The summed E-state index contributed by atoms with van der Waals surface area (Å²) in [6.45, 7) is 5.38. The van der Waals surface area contributed by atoms with Crippen molar-refractivity contribution in [1.82, 2.24) is 20.1 Å². The van der Waals surface area contributed by atoms with Gasteiger partial charge in [0.25, 0.3) is 0 Å². The highest BCUT2D eigenvalue weighted by Gasteiger charge is 2.15. The summed E-state index contributed by atoms with van der Waals surface area (Å²) < 4.78 is 1.72. The van der Waals surface area contributed by atoms with Gasteiger partial charge in [-0.3, -0.25) is 4.68 Å². The normalized spacial score (nSPS) is 19.7. The highest BCUT2D eigenvalue weighted by Crippen LogP contribution is 2.21. The zero-order chi connectivity index (χ0) is 13.2. The standard InChI is InChI=1S/C14H19N5/c1-11-9-19(8-7-15-11)13-5-3-12(4-6-13)14-16-10-18(2)17-14/h3-6,10-11,15H,7-9H2,1-2H3. The fourth-order valence-corrected chi connectivity index (χ4v) is 2.46. The zero-order valence-corrected chi connectivity index (χ0v) is 11.4. The molecule has 0 aliphatic carbocycles. The van der Waals surface area contributed by atoms with E-state index in [1.807, 2.05) is 7.05 Å². The number of hydrogen-bond donors (Lipinski definition) is 1. The molecule has 0 spiro atoms.